The van der Waals surface area contributed by atoms with Crippen LogP contribution in [0, 0.1) is 0 Å². The van der Waals surface area contributed by atoms with Gasteiger partial charge in [0.2, 0.25) is 0 Å². The van der Waals surface area contributed by atoms with E-state index >= 15 is 0 Å². The SMILES string of the molecule is COc1ccc(CCNC(=O)C(=O)N2CCCCC2C)cc1. The van der Waals surface area contributed by atoms with E-state index in [4.69, 9.17) is 4.74 Å². The molecule has 2 amide bonds. The Balaban J connectivity index is 1.78. The van der Waals surface area contributed by atoms with Crippen LogP contribution in [0.5, 0.6) is 5.75 Å². The number of likely N-dealkylation sites (tertiary alicyclic amines) is 1. The van der Waals surface area contributed by atoms with E-state index in [1.54, 1.807) is 12.0 Å². The van der Waals surface area contributed by atoms with Gasteiger partial charge < -0.3 is 15.0 Å². The van der Waals surface area contributed by atoms with Crippen molar-refractivity contribution in [3.63, 3.8) is 0 Å². The molecule has 0 bridgehead atoms. The molecule has 0 aliphatic carbocycles. The predicted octanol–water partition coefficient (Wildman–Crippen LogP) is 1.75. The summed E-state index contributed by atoms with van der Waals surface area (Å²) in [4.78, 5) is 25.8. The Morgan fingerprint density at radius 1 is 1.27 bits per heavy atom. The lowest BCUT2D eigenvalue weighted by molar-refractivity contribution is -0.148. The van der Waals surface area contributed by atoms with Crippen molar-refractivity contribution in [3.8, 4) is 5.75 Å². The summed E-state index contributed by atoms with van der Waals surface area (Å²) >= 11 is 0. The summed E-state index contributed by atoms with van der Waals surface area (Å²) in [6.07, 6.45) is 3.78. The van der Waals surface area contributed by atoms with Crippen LogP contribution in [0.1, 0.15) is 31.7 Å². The van der Waals surface area contributed by atoms with Crippen molar-refractivity contribution in [1.29, 1.82) is 0 Å². The van der Waals surface area contributed by atoms with E-state index in [-0.39, 0.29) is 6.04 Å². The smallest absolute Gasteiger partial charge is 0.312 e. The fourth-order valence-electron chi connectivity index (χ4n) is 2.72. The predicted molar refractivity (Wildman–Crippen MR) is 84.7 cm³/mol. The van der Waals surface area contributed by atoms with Gasteiger partial charge in [-0.25, -0.2) is 0 Å². The van der Waals surface area contributed by atoms with E-state index in [1.165, 1.54) is 0 Å². The number of hydrogen-bond donors (Lipinski definition) is 1. The Morgan fingerprint density at radius 2 is 2.00 bits per heavy atom. The average molecular weight is 304 g/mol. The van der Waals surface area contributed by atoms with Crippen molar-refractivity contribution >= 4 is 11.8 Å². The normalized spacial score (nSPS) is 17.9. The summed E-state index contributed by atoms with van der Waals surface area (Å²) in [5, 5.41) is 2.72. The number of carbonyl (C=O) groups is 2. The summed E-state index contributed by atoms with van der Waals surface area (Å²) < 4.78 is 5.10. The van der Waals surface area contributed by atoms with E-state index in [1.807, 2.05) is 31.2 Å². The fourth-order valence-corrected chi connectivity index (χ4v) is 2.72. The first kappa shape index (κ1) is 16.3. The Bertz CT molecular complexity index is 513. The largest absolute Gasteiger partial charge is 0.497 e. The van der Waals surface area contributed by atoms with Gasteiger partial charge in [0.05, 0.1) is 7.11 Å². The summed E-state index contributed by atoms with van der Waals surface area (Å²) in [5.41, 5.74) is 1.10. The van der Waals surface area contributed by atoms with Gasteiger partial charge in [0, 0.05) is 19.1 Å². The van der Waals surface area contributed by atoms with Crippen LogP contribution in [0.4, 0.5) is 0 Å². The summed E-state index contributed by atoms with van der Waals surface area (Å²) in [7, 11) is 1.63. The number of nitrogens with one attached hydrogen (secondary N) is 1. The van der Waals surface area contributed by atoms with Gasteiger partial charge in [-0.15, -0.1) is 0 Å². The standard InChI is InChI=1S/C17H24N2O3/c1-13-5-3-4-12-19(13)17(21)16(20)18-11-10-14-6-8-15(22-2)9-7-14/h6-9,13H,3-5,10-12H2,1-2H3,(H,18,20). The number of carbonyl (C=O) groups excluding carboxylic acids is 2. The van der Waals surface area contributed by atoms with Gasteiger partial charge in [-0.05, 0) is 50.3 Å². The van der Waals surface area contributed by atoms with Crippen molar-refractivity contribution in [2.75, 3.05) is 20.2 Å². The lowest BCUT2D eigenvalue weighted by atomic mass is 10.0. The molecule has 2 rings (SSSR count). The van der Waals surface area contributed by atoms with E-state index in [2.05, 4.69) is 5.32 Å². The monoisotopic (exact) mass is 304 g/mol. The first-order valence-corrected chi connectivity index (χ1v) is 7.83. The zero-order valence-electron chi connectivity index (χ0n) is 13.3. The van der Waals surface area contributed by atoms with Gasteiger partial charge in [0.25, 0.3) is 0 Å². The fraction of sp³-hybridized carbons (Fsp3) is 0.529. The molecule has 0 aromatic heterocycles. The third kappa shape index (κ3) is 4.23. The number of rotatable bonds is 4. The van der Waals surface area contributed by atoms with Crippen molar-refractivity contribution in [2.24, 2.45) is 0 Å². The van der Waals surface area contributed by atoms with Crippen molar-refractivity contribution in [3.05, 3.63) is 29.8 Å². The van der Waals surface area contributed by atoms with Crippen LogP contribution in [-0.2, 0) is 16.0 Å². The highest BCUT2D eigenvalue weighted by Crippen LogP contribution is 2.16. The maximum Gasteiger partial charge on any atom is 0.312 e. The summed E-state index contributed by atoms with van der Waals surface area (Å²) in [6, 6.07) is 7.85. The maximum atomic E-state index is 12.1. The van der Waals surface area contributed by atoms with Crippen LogP contribution in [0.3, 0.4) is 0 Å². The average Bonchev–Trinajstić information content (AvgIpc) is 2.55. The molecule has 1 aromatic carbocycles. The molecule has 1 N–H and O–H groups in total. The molecule has 1 heterocycles. The summed E-state index contributed by atoms with van der Waals surface area (Å²) in [6.45, 7) is 3.15. The Labute approximate surface area is 131 Å². The lowest BCUT2D eigenvalue weighted by Crippen LogP contribution is -2.49. The van der Waals surface area contributed by atoms with Crippen molar-refractivity contribution in [2.45, 2.75) is 38.6 Å². The molecule has 0 spiro atoms. The number of amides is 2. The molecule has 22 heavy (non-hydrogen) atoms. The van der Waals surface area contributed by atoms with E-state index in [0.717, 1.165) is 30.6 Å². The number of piperidine rings is 1. The van der Waals surface area contributed by atoms with Crippen molar-refractivity contribution in [1.82, 2.24) is 10.2 Å². The van der Waals surface area contributed by atoms with E-state index in [9.17, 15) is 9.59 Å². The molecule has 1 aliphatic rings. The minimum Gasteiger partial charge on any atom is -0.497 e. The minimum absolute atomic E-state index is 0.161. The van der Waals surface area contributed by atoms with E-state index in [0.29, 0.717) is 19.5 Å². The molecule has 0 radical (unpaired) electrons. The number of methoxy groups -OCH3 is 1. The second kappa shape index (κ2) is 7.82. The van der Waals surface area contributed by atoms with E-state index < -0.39 is 11.8 Å². The lowest BCUT2D eigenvalue weighted by Gasteiger charge is -2.32. The van der Waals surface area contributed by atoms with Gasteiger partial charge in [-0.3, -0.25) is 9.59 Å². The van der Waals surface area contributed by atoms with Gasteiger partial charge in [-0.1, -0.05) is 12.1 Å². The molecular formula is C17H24N2O3. The molecule has 1 fully saturated rings. The van der Waals surface area contributed by atoms with Gasteiger partial charge in [0.1, 0.15) is 5.75 Å². The van der Waals surface area contributed by atoms with Gasteiger partial charge >= 0.3 is 11.8 Å². The quantitative estimate of drug-likeness (QED) is 0.862. The van der Waals surface area contributed by atoms with Crippen LogP contribution < -0.4 is 10.1 Å². The molecule has 5 nitrogen and oxygen atoms in total. The number of hydrogen-bond acceptors (Lipinski definition) is 3. The zero-order chi connectivity index (χ0) is 15.9. The Hall–Kier alpha value is -2.04. The van der Waals surface area contributed by atoms with Crippen LogP contribution in [0.2, 0.25) is 0 Å². The second-order valence-electron chi connectivity index (χ2n) is 5.70. The number of ether oxygens (including phenoxy) is 1. The summed E-state index contributed by atoms with van der Waals surface area (Å²) in [5.74, 6) is -0.0914. The van der Waals surface area contributed by atoms with Gasteiger partial charge in [0.15, 0.2) is 0 Å². The Morgan fingerprint density at radius 3 is 2.64 bits per heavy atom. The molecule has 5 heteroatoms. The topological polar surface area (TPSA) is 58.6 Å². The van der Waals surface area contributed by atoms with Crippen molar-refractivity contribution < 1.29 is 14.3 Å². The molecule has 0 saturated carbocycles. The number of nitrogens with zero attached hydrogens (tertiary/aromatic N) is 1. The Kier molecular flexibility index (Phi) is 5.81. The van der Waals surface area contributed by atoms with Crippen LogP contribution in [-0.4, -0.2) is 43.0 Å². The molecule has 1 aromatic rings. The molecular weight excluding hydrogens is 280 g/mol. The highest BCUT2D eigenvalue weighted by atomic mass is 16.5. The molecule has 1 aliphatic heterocycles. The highest BCUT2D eigenvalue weighted by molar-refractivity contribution is 6.35. The highest BCUT2D eigenvalue weighted by Gasteiger charge is 2.27. The molecule has 1 unspecified atom stereocenters. The van der Waals surface area contributed by atoms with Crippen LogP contribution in [0.15, 0.2) is 24.3 Å². The molecule has 1 atom stereocenters. The third-order valence-electron chi connectivity index (χ3n) is 4.12. The zero-order valence-corrected chi connectivity index (χ0v) is 13.3. The maximum absolute atomic E-state index is 12.1. The minimum atomic E-state index is -0.498. The van der Waals surface area contributed by atoms with Crippen LogP contribution >= 0.6 is 0 Å². The number of benzene rings is 1. The molecule has 1 saturated heterocycles. The first-order chi connectivity index (χ1) is 10.6. The van der Waals surface area contributed by atoms with Gasteiger partial charge in [-0.2, -0.15) is 0 Å². The third-order valence-corrected chi connectivity index (χ3v) is 4.12. The van der Waals surface area contributed by atoms with Crippen LogP contribution in [0.25, 0.3) is 0 Å². The first-order valence-electron chi connectivity index (χ1n) is 7.83. The second-order valence-corrected chi connectivity index (χ2v) is 5.70. The molecule has 120 valence electrons.